The highest BCUT2D eigenvalue weighted by atomic mass is 16.2. The van der Waals surface area contributed by atoms with Crippen molar-refractivity contribution in [2.75, 3.05) is 4.90 Å². The van der Waals surface area contributed by atoms with Crippen LogP contribution in [-0.2, 0) is 19.8 Å². The van der Waals surface area contributed by atoms with Gasteiger partial charge in [0.2, 0.25) is 11.8 Å². The van der Waals surface area contributed by atoms with Crippen LogP contribution in [-0.4, -0.2) is 23.9 Å². The fourth-order valence-corrected chi connectivity index (χ4v) is 6.15. The summed E-state index contributed by atoms with van der Waals surface area (Å²) in [7, 11) is 0. The van der Waals surface area contributed by atoms with E-state index in [0.717, 1.165) is 28.5 Å². The minimum Gasteiger partial charge on any atom is -0.302 e. The SMILES string of the molecule is CC(=O)c1cccc(N2C(=O)[C@H]3C4c5ccccc5C(C=O)(c5ccccc54)[C@H]3C2=O)c1. The Morgan fingerprint density at radius 2 is 1.50 bits per heavy atom. The van der Waals surface area contributed by atoms with E-state index in [9.17, 15) is 19.2 Å². The highest BCUT2D eigenvalue weighted by molar-refractivity contribution is 6.25. The molecular weight excluding hydrogens is 402 g/mol. The van der Waals surface area contributed by atoms with Crippen LogP contribution in [0.5, 0.6) is 0 Å². The summed E-state index contributed by atoms with van der Waals surface area (Å²) < 4.78 is 0. The number of nitrogens with zero attached hydrogens (tertiary/aromatic N) is 1. The number of ketones is 1. The fraction of sp³-hybridized carbons (Fsp3) is 0.185. The summed E-state index contributed by atoms with van der Waals surface area (Å²) in [6.07, 6.45) is 0.860. The fourth-order valence-electron chi connectivity index (χ4n) is 6.15. The molecule has 2 amide bonds. The Morgan fingerprint density at radius 1 is 0.875 bits per heavy atom. The number of Topliss-reactive ketones (excluding diaryl/α,β-unsaturated/α-hetero) is 1. The first-order valence-corrected chi connectivity index (χ1v) is 10.6. The van der Waals surface area contributed by atoms with Gasteiger partial charge in [0, 0.05) is 11.5 Å². The molecule has 2 atom stereocenters. The molecular formula is C27H19NO4. The predicted octanol–water partition coefficient (Wildman–Crippen LogP) is 3.64. The molecule has 0 N–H and O–H groups in total. The van der Waals surface area contributed by atoms with Crippen LogP contribution in [0.25, 0.3) is 0 Å². The Morgan fingerprint density at radius 3 is 2.09 bits per heavy atom. The molecule has 5 heteroatoms. The number of carbonyl (C=O) groups is 4. The monoisotopic (exact) mass is 421 g/mol. The van der Waals surface area contributed by atoms with Gasteiger partial charge in [-0.05, 0) is 41.3 Å². The molecule has 3 aromatic rings. The van der Waals surface area contributed by atoms with Crippen LogP contribution in [0.2, 0.25) is 0 Å². The number of hydrogen-bond acceptors (Lipinski definition) is 4. The summed E-state index contributed by atoms with van der Waals surface area (Å²) in [6.45, 7) is 1.45. The van der Waals surface area contributed by atoms with Crippen LogP contribution in [0.4, 0.5) is 5.69 Å². The molecule has 2 bridgehead atoms. The molecule has 0 spiro atoms. The van der Waals surface area contributed by atoms with E-state index in [1.54, 1.807) is 24.3 Å². The van der Waals surface area contributed by atoms with Gasteiger partial charge in [-0.2, -0.15) is 0 Å². The first kappa shape index (κ1) is 18.9. The molecule has 1 saturated heterocycles. The number of amides is 2. The second-order valence-electron chi connectivity index (χ2n) is 8.76. The molecule has 0 aromatic heterocycles. The maximum Gasteiger partial charge on any atom is 0.239 e. The molecule has 1 heterocycles. The first-order valence-electron chi connectivity index (χ1n) is 10.6. The van der Waals surface area contributed by atoms with Crippen LogP contribution in [0.15, 0.2) is 72.8 Å². The number of carbonyl (C=O) groups excluding carboxylic acids is 4. The molecule has 32 heavy (non-hydrogen) atoms. The number of rotatable bonds is 3. The molecule has 7 rings (SSSR count). The Kier molecular flexibility index (Phi) is 3.73. The molecule has 4 aliphatic rings. The average molecular weight is 421 g/mol. The zero-order chi connectivity index (χ0) is 22.2. The Bertz CT molecular complexity index is 1310. The Balaban J connectivity index is 1.61. The van der Waals surface area contributed by atoms with Gasteiger partial charge >= 0.3 is 0 Å². The maximum absolute atomic E-state index is 13.9. The van der Waals surface area contributed by atoms with E-state index in [4.69, 9.17) is 0 Å². The van der Waals surface area contributed by atoms with Crippen LogP contribution in [0, 0.1) is 11.8 Å². The van der Waals surface area contributed by atoms with Crippen LogP contribution < -0.4 is 4.90 Å². The zero-order valence-corrected chi connectivity index (χ0v) is 17.3. The van der Waals surface area contributed by atoms with Crippen molar-refractivity contribution in [2.24, 2.45) is 11.8 Å². The maximum atomic E-state index is 13.9. The zero-order valence-electron chi connectivity index (χ0n) is 17.3. The quantitative estimate of drug-likeness (QED) is 0.368. The molecule has 0 saturated carbocycles. The van der Waals surface area contributed by atoms with Crippen molar-refractivity contribution >= 4 is 29.6 Å². The summed E-state index contributed by atoms with van der Waals surface area (Å²) in [5.41, 5.74) is 3.06. The van der Waals surface area contributed by atoms with Crippen molar-refractivity contribution in [2.45, 2.75) is 18.3 Å². The van der Waals surface area contributed by atoms with E-state index >= 15 is 0 Å². The minimum absolute atomic E-state index is 0.146. The molecule has 0 radical (unpaired) electrons. The van der Waals surface area contributed by atoms with Gasteiger partial charge in [0.15, 0.2) is 5.78 Å². The first-order chi connectivity index (χ1) is 15.5. The van der Waals surface area contributed by atoms with Crippen molar-refractivity contribution in [3.8, 4) is 0 Å². The lowest BCUT2D eigenvalue weighted by Gasteiger charge is -2.51. The summed E-state index contributed by atoms with van der Waals surface area (Å²) in [6, 6.07) is 21.8. The van der Waals surface area contributed by atoms with Gasteiger partial charge < -0.3 is 4.79 Å². The summed E-state index contributed by atoms with van der Waals surface area (Å²) in [4.78, 5) is 53.7. The topological polar surface area (TPSA) is 71.5 Å². The molecule has 1 fully saturated rings. The van der Waals surface area contributed by atoms with Crippen molar-refractivity contribution in [3.63, 3.8) is 0 Å². The molecule has 3 aliphatic carbocycles. The largest absolute Gasteiger partial charge is 0.302 e. The highest BCUT2D eigenvalue weighted by Gasteiger charge is 2.68. The standard InChI is InChI=1S/C27H19NO4/c1-15(30)16-7-6-8-17(13-16)28-25(31)23-22-18-9-2-4-11-20(18)27(14-29,24(23)26(28)32)21-12-5-3-10-19(21)22/h2-14,22-24H,1H3/t22?,23-,24+,27?/m0/s1. The summed E-state index contributed by atoms with van der Waals surface area (Å²) >= 11 is 0. The smallest absolute Gasteiger partial charge is 0.239 e. The number of anilines is 1. The number of imide groups is 1. The molecule has 1 aliphatic heterocycles. The van der Waals surface area contributed by atoms with Gasteiger partial charge in [-0.25, -0.2) is 4.90 Å². The Labute approximate surface area is 184 Å². The van der Waals surface area contributed by atoms with E-state index in [1.807, 2.05) is 48.5 Å². The average Bonchev–Trinajstić information content (AvgIpc) is 3.10. The number of hydrogen-bond donors (Lipinski definition) is 0. The predicted molar refractivity (Wildman–Crippen MR) is 117 cm³/mol. The lowest BCUT2D eigenvalue weighted by Crippen LogP contribution is -2.54. The molecule has 0 unspecified atom stereocenters. The lowest BCUT2D eigenvalue weighted by atomic mass is 9.48. The van der Waals surface area contributed by atoms with Gasteiger partial charge in [0.1, 0.15) is 6.29 Å². The van der Waals surface area contributed by atoms with Crippen molar-refractivity contribution in [3.05, 3.63) is 101 Å². The third-order valence-electron chi connectivity index (χ3n) is 7.38. The second kappa shape index (κ2) is 6.33. The van der Waals surface area contributed by atoms with E-state index in [1.165, 1.54) is 11.8 Å². The summed E-state index contributed by atoms with van der Waals surface area (Å²) in [5, 5.41) is 0. The number of aldehydes is 1. The van der Waals surface area contributed by atoms with Crippen LogP contribution in [0.3, 0.4) is 0 Å². The van der Waals surface area contributed by atoms with Crippen molar-refractivity contribution in [1.82, 2.24) is 0 Å². The third-order valence-corrected chi connectivity index (χ3v) is 7.38. The molecule has 156 valence electrons. The van der Waals surface area contributed by atoms with E-state index in [0.29, 0.717) is 11.3 Å². The van der Waals surface area contributed by atoms with E-state index in [2.05, 4.69) is 0 Å². The molecule has 5 nitrogen and oxygen atoms in total. The van der Waals surface area contributed by atoms with Gasteiger partial charge in [0.25, 0.3) is 0 Å². The van der Waals surface area contributed by atoms with Crippen molar-refractivity contribution < 1.29 is 19.2 Å². The Hall–Kier alpha value is -3.86. The second-order valence-corrected chi connectivity index (χ2v) is 8.76. The van der Waals surface area contributed by atoms with Gasteiger partial charge in [-0.15, -0.1) is 0 Å². The normalized spacial score (nSPS) is 27.0. The van der Waals surface area contributed by atoms with Gasteiger partial charge in [-0.1, -0.05) is 60.7 Å². The number of benzene rings is 3. The van der Waals surface area contributed by atoms with Crippen LogP contribution >= 0.6 is 0 Å². The van der Waals surface area contributed by atoms with E-state index in [-0.39, 0.29) is 23.5 Å². The third kappa shape index (κ3) is 2.08. The van der Waals surface area contributed by atoms with Gasteiger partial charge in [0.05, 0.1) is 22.9 Å². The minimum atomic E-state index is -1.22. The highest BCUT2D eigenvalue weighted by Crippen LogP contribution is 2.63. The van der Waals surface area contributed by atoms with Crippen LogP contribution in [0.1, 0.15) is 45.5 Å². The van der Waals surface area contributed by atoms with Gasteiger partial charge in [-0.3, -0.25) is 14.4 Å². The lowest BCUT2D eigenvalue weighted by molar-refractivity contribution is -0.128. The summed E-state index contributed by atoms with van der Waals surface area (Å²) in [5.74, 6) is -2.64. The van der Waals surface area contributed by atoms with Crippen molar-refractivity contribution in [1.29, 1.82) is 0 Å². The van der Waals surface area contributed by atoms with E-state index < -0.39 is 17.3 Å². The molecule has 3 aromatic carbocycles.